The zero-order valence-corrected chi connectivity index (χ0v) is 23.0. The number of hydrogen-bond acceptors (Lipinski definition) is 7. The zero-order chi connectivity index (χ0) is 28.8. The van der Waals surface area contributed by atoms with Gasteiger partial charge < -0.3 is 24.3 Å². The maximum atomic E-state index is 15.4. The van der Waals surface area contributed by atoms with E-state index in [9.17, 15) is 14.7 Å². The predicted octanol–water partition coefficient (Wildman–Crippen LogP) is 4.94. The second-order valence-electron chi connectivity index (χ2n) is 10.8. The van der Waals surface area contributed by atoms with Crippen LogP contribution in [0.2, 0.25) is 0 Å². The van der Waals surface area contributed by atoms with E-state index in [-0.39, 0.29) is 29.2 Å². The topological polar surface area (TPSA) is 128 Å². The Kier molecular flexibility index (Phi) is 7.09. The number of carbonyl (C=O) groups is 2. The number of amides is 1. The number of fused-ring (bicyclic) bond motifs is 2. The summed E-state index contributed by atoms with van der Waals surface area (Å²) in [6.45, 7) is 9.33. The van der Waals surface area contributed by atoms with Gasteiger partial charge in [0.1, 0.15) is 5.76 Å². The minimum absolute atomic E-state index is 0.0555. The Hall–Kier alpha value is -4.25. The van der Waals surface area contributed by atoms with Gasteiger partial charge in [-0.25, -0.2) is 18.7 Å². The van der Waals surface area contributed by atoms with Crippen molar-refractivity contribution in [3.8, 4) is 17.0 Å². The molecule has 210 valence electrons. The number of rotatable bonds is 7. The number of carbonyl (C=O) groups excluding carboxylic acids is 1. The molecular formula is C29H31FN4O6. The monoisotopic (exact) mass is 550 g/mol. The Labute approximate surface area is 230 Å². The lowest BCUT2D eigenvalue weighted by molar-refractivity contribution is -0.160. The van der Waals surface area contributed by atoms with Gasteiger partial charge in [0.05, 0.1) is 30.7 Å². The quantitative estimate of drug-likeness (QED) is 0.331. The first-order valence-corrected chi connectivity index (χ1v) is 13.0. The third-order valence-electron chi connectivity index (χ3n) is 6.71. The molecule has 3 aromatic heterocycles. The summed E-state index contributed by atoms with van der Waals surface area (Å²) in [5, 5.41) is 17.6. The number of nitrogens with one attached hydrogen (secondary N) is 1. The van der Waals surface area contributed by atoms with E-state index >= 15 is 4.39 Å². The summed E-state index contributed by atoms with van der Waals surface area (Å²) in [7, 11) is 0. The van der Waals surface area contributed by atoms with Crippen LogP contribution in [0.3, 0.4) is 0 Å². The lowest BCUT2D eigenvalue weighted by Gasteiger charge is -2.28. The standard InChI is InChI=1S/C29H31FN4O6/c1-15-18-9-7-11-39-25(18)20(30)12-19(15)24-23(26(28(36)37)40-29(3,4)5)16(2)32-22-13-21(33-34(22)24)27(35)31-14-17-8-6-10-38-17/h6,8,10,12-13,26H,7,9,11,14H2,1-5H3,(H,31,35)(H,36,37). The van der Waals surface area contributed by atoms with Crippen molar-refractivity contribution in [1.29, 1.82) is 0 Å². The summed E-state index contributed by atoms with van der Waals surface area (Å²) in [6.07, 6.45) is 1.40. The molecule has 5 rings (SSSR count). The number of carboxylic acid groups (broad SMARTS) is 1. The molecule has 1 amide bonds. The summed E-state index contributed by atoms with van der Waals surface area (Å²) >= 11 is 0. The normalized spacial score (nSPS) is 14.1. The number of nitrogens with zero attached hydrogens (tertiary/aromatic N) is 3. The van der Waals surface area contributed by atoms with Crippen LogP contribution < -0.4 is 10.1 Å². The number of aryl methyl sites for hydroxylation is 1. The van der Waals surface area contributed by atoms with Crippen LogP contribution in [0.5, 0.6) is 5.75 Å². The minimum Gasteiger partial charge on any atom is -0.490 e. The summed E-state index contributed by atoms with van der Waals surface area (Å²) in [4.78, 5) is 30.2. The van der Waals surface area contributed by atoms with Gasteiger partial charge in [-0.3, -0.25) is 4.79 Å². The summed E-state index contributed by atoms with van der Waals surface area (Å²) in [5.74, 6) is -1.50. The van der Waals surface area contributed by atoms with Crippen molar-refractivity contribution >= 4 is 17.5 Å². The van der Waals surface area contributed by atoms with Crippen LogP contribution >= 0.6 is 0 Å². The van der Waals surface area contributed by atoms with Crippen molar-refractivity contribution in [2.24, 2.45) is 0 Å². The smallest absolute Gasteiger partial charge is 0.337 e. The summed E-state index contributed by atoms with van der Waals surface area (Å²) in [5.41, 5.74) is 2.25. The van der Waals surface area contributed by atoms with E-state index in [1.807, 2.05) is 6.92 Å². The molecule has 1 atom stereocenters. The maximum Gasteiger partial charge on any atom is 0.337 e. The van der Waals surface area contributed by atoms with Crippen LogP contribution in [0.4, 0.5) is 4.39 Å². The van der Waals surface area contributed by atoms with Gasteiger partial charge in [-0.05, 0) is 71.2 Å². The molecule has 11 heteroatoms. The molecule has 1 aromatic carbocycles. The largest absolute Gasteiger partial charge is 0.490 e. The number of carboxylic acids is 1. The third kappa shape index (κ3) is 5.16. The van der Waals surface area contributed by atoms with Gasteiger partial charge in [-0.15, -0.1) is 0 Å². The molecular weight excluding hydrogens is 519 g/mol. The van der Waals surface area contributed by atoms with Gasteiger partial charge in [-0.1, -0.05) is 0 Å². The van der Waals surface area contributed by atoms with E-state index in [2.05, 4.69) is 15.4 Å². The molecule has 40 heavy (non-hydrogen) atoms. The fourth-order valence-electron chi connectivity index (χ4n) is 4.98. The van der Waals surface area contributed by atoms with E-state index in [0.29, 0.717) is 41.3 Å². The lowest BCUT2D eigenvalue weighted by Crippen LogP contribution is -2.29. The minimum atomic E-state index is -1.44. The van der Waals surface area contributed by atoms with E-state index in [1.165, 1.54) is 22.9 Å². The van der Waals surface area contributed by atoms with Crippen molar-refractivity contribution in [3.05, 3.63) is 70.2 Å². The van der Waals surface area contributed by atoms with E-state index in [0.717, 1.165) is 12.0 Å². The van der Waals surface area contributed by atoms with Crippen molar-refractivity contribution < 1.29 is 33.0 Å². The Morgan fingerprint density at radius 3 is 2.73 bits per heavy atom. The second kappa shape index (κ2) is 10.4. The Morgan fingerprint density at radius 1 is 1.27 bits per heavy atom. The van der Waals surface area contributed by atoms with Crippen LogP contribution in [0, 0.1) is 19.7 Å². The molecule has 0 spiro atoms. The third-order valence-corrected chi connectivity index (χ3v) is 6.71. The van der Waals surface area contributed by atoms with Crippen LogP contribution in [0.1, 0.15) is 71.9 Å². The summed E-state index contributed by atoms with van der Waals surface area (Å²) in [6, 6.07) is 6.28. The average molecular weight is 551 g/mol. The Balaban J connectivity index is 1.74. The van der Waals surface area contributed by atoms with Crippen molar-refractivity contribution in [3.63, 3.8) is 0 Å². The Bertz CT molecular complexity index is 1600. The fraction of sp³-hybridized carbons (Fsp3) is 0.379. The number of aliphatic carboxylic acids is 1. The highest BCUT2D eigenvalue weighted by Gasteiger charge is 2.35. The van der Waals surface area contributed by atoms with Crippen molar-refractivity contribution in [1.82, 2.24) is 19.9 Å². The van der Waals surface area contributed by atoms with Gasteiger partial charge >= 0.3 is 5.97 Å². The first-order valence-electron chi connectivity index (χ1n) is 13.0. The number of halogens is 1. The molecule has 0 saturated heterocycles. The lowest BCUT2D eigenvalue weighted by atomic mass is 9.91. The van der Waals surface area contributed by atoms with Crippen molar-refractivity contribution in [2.75, 3.05) is 6.61 Å². The van der Waals surface area contributed by atoms with Gasteiger partial charge in [0.15, 0.2) is 29.0 Å². The van der Waals surface area contributed by atoms with Gasteiger partial charge in [-0.2, -0.15) is 5.10 Å². The number of benzene rings is 1. The first kappa shape index (κ1) is 27.3. The van der Waals surface area contributed by atoms with Crippen LogP contribution in [0.25, 0.3) is 16.9 Å². The maximum absolute atomic E-state index is 15.4. The molecule has 0 aliphatic carbocycles. The predicted molar refractivity (Wildman–Crippen MR) is 143 cm³/mol. The summed E-state index contributed by atoms with van der Waals surface area (Å²) < 4.78 is 33.7. The molecule has 4 heterocycles. The first-order chi connectivity index (χ1) is 18.9. The highest BCUT2D eigenvalue weighted by atomic mass is 19.1. The number of aromatic nitrogens is 3. The highest BCUT2D eigenvalue weighted by Crippen LogP contribution is 2.41. The molecule has 1 unspecified atom stereocenters. The molecule has 1 aliphatic rings. The Morgan fingerprint density at radius 2 is 2.05 bits per heavy atom. The van der Waals surface area contributed by atoms with E-state index in [4.69, 9.17) is 13.9 Å². The van der Waals surface area contributed by atoms with E-state index < -0.39 is 29.4 Å². The zero-order valence-electron chi connectivity index (χ0n) is 23.0. The molecule has 1 aliphatic heterocycles. The fourth-order valence-corrected chi connectivity index (χ4v) is 4.98. The number of hydrogen-bond donors (Lipinski definition) is 2. The highest BCUT2D eigenvalue weighted by molar-refractivity contribution is 5.93. The van der Waals surface area contributed by atoms with Gasteiger partial charge in [0.25, 0.3) is 5.91 Å². The number of furan rings is 1. The van der Waals surface area contributed by atoms with Gasteiger partial charge in [0, 0.05) is 28.5 Å². The van der Waals surface area contributed by atoms with Crippen LogP contribution in [0.15, 0.2) is 34.9 Å². The van der Waals surface area contributed by atoms with Gasteiger partial charge in [0.2, 0.25) is 0 Å². The average Bonchev–Trinajstić information content (AvgIpc) is 3.57. The second-order valence-corrected chi connectivity index (χ2v) is 10.8. The van der Waals surface area contributed by atoms with Crippen molar-refractivity contribution in [2.45, 2.75) is 65.7 Å². The molecule has 2 N–H and O–H groups in total. The number of ether oxygens (including phenoxy) is 2. The molecule has 0 bridgehead atoms. The molecule has 0 radical (unpaired) electrons. The van der Waals surface area contributed by atoms with E-state index in [1.54, 1.807) is 39.8 Å². The molecule has 0 fully saturated rings. The molecule has 0 saturated carbocycles. The SMILES string of the molecule is Cc1nc2cc(C(=O)NCc3ccco3)nn2c(-c2cc(F)c3c(c2C)CCCO3)c1C(OC(C)(C)C)C(=O)O. The molecule has 4 aromatic rings. The van der Waals surface area contributed by atoms with Crippen LogP contribution in [-0.4, -0.2) is 43.8 Å². The van der Waals surface area contributed by atoms with Crippen LogP contribution in [-0.2, 0) is 22.5 Å². The molecule has 10 nitrogen and oxygen atoms in total.